The molecule has 0 N–H and O–H groups in total. The summed E-state index contributed by atoms with van der Waals surface area (Å²) in [6, 6.07) is 14.0. The molecule has 0 spiro atoms. The third kappa shape index (κ3) is 3.87. The van der Waals surface area contributed by atoms with E-state index in [1.54, 1.807) is 12.1 Å². The Labute approximate surface area is 159 Å². The first-order chi connectivity index (χ1) is 12.8. The van der Waals surface area contributed by atoms with Crippen LogP contribution in [-0.4, -0.2) is 0 Å². The molecule has 0 radical (unpaired) electrons. The summed E-state index contributed by atoms with van der Waals surface area (Å²) in [5, 5.41) is 0. The second-order valence-electron chi connectivity index (χ2n) is 7.45. The van der Waals surface area contributed by atoms with Crippen LogP contribution in [0.5, 0.6) is 0 Å². The van der Waals surface area contributed by atoms with Gasteiger partial charge >= 0.3 is 6.18 Å². The highest BCUT2D eigenvalue weighted by atomic mass is 19.4. The van der Waals surface area contributed by atoms with Crippen LogP contribution in [0.4, 0.5) is 13.2 Å². The molecule has 3 rings (SSSR count). The lowest BCUT2D eigenvalue weighted by atomic mass is 9.86. The molecule has 142 valence electrons. The van der Waals surface area contributed by atoms with Crippen molar-refractivity contribution in [3.05, 3.63) is 89.5 Å². The Morgan fingerprint density at radius 3 is 2.41 bits per heavy atom. The van der Waals surface area contributed by atoms with E-state index in [0.29, 0.717) is 17.9 Å². The van der Waals surface area contributed by atoms with Crippen LogP contribution in [0.1, 0.15) is 48.9 Å². The van der Waals surface area contributed by atoms with Gasteiger partial charge in [-0.3, -0.25) is 0 Å². The van der Waals surface area contributed by atoms with Crippen molar-refractivity contribution < 1.29 is 13.2 Å². The maximum absolute atomic E-state index is 13.2. The standard InChI is InChI=1S/C24H25F3/c1-4-23(16-18(23)3)21-14-7-5-11-19(21)12-9-10-17(2)20-13-6-8-15-22(20)24(25,26)27/h5-11,13-15,18H,2,4,12,16H2,1,3H3/b10-9-. The van der Waals surface area contributed by atoms with Gasteiger partial charge in [0.2, 0.25) is 0 Å². The van der Waals surface area contributed by atoms with Crippen LogP contribution in [-0.2, 0) is 18.0 Å². The molecule has 0 bridgehead atoms. The summed E-state index contributed by atoms with van der Waals surface area (Å²) in [5.41, 5.74) is 2.77. The van der Waals surface area contributed by atoms with Crippen molar-refractivity contribution in [2.24, 2.45) is 5.92 Å². The molecule has 3 heteroatoms. The largest absolute Gasteiger partial charge is 0.417 e. The SMILES string of the molecule is C=C(/C=C\Cc1ccccc1C1(CC)CC1C)c1ccccc1C(F)(F)F. The Balaban J connectivity index is 1.79. The highest BCUT2D eigenvalue weighted by Crippen LogP contribution is 2.57. The molecule has 0 nitrogen and oxygen atoms in total. The first kappa shape index (κ1) is 19.5. The van der Waals surface area contributed by atoms with E-state index in [1.165, 1.54) is 29.7 Å². The van der Waals surface area contributed by atoms with Gasteiger partial charge in [-0.05, 0) is 58.9 Å². The Bertz CT molecular complexity index is 856. The molecule has 2 unspecified atom stereocenters. The van der Waals surface area contributed by atoms with Gasteiger partial charge in [0, 0.05) is 0 Å². The summed E-state index contributed by atoms with van der Waals surface area (Å²) in [6.07, 6.45) is 2.25. The quantitative estimate of drug-likeness (QED) is 0.471. The normalized spacial score (nSPS) is 22.2. The van der Waals surface area contributed by atoms with Crippen molar-refractivity contribution >= 4 is 5.57 Å². The number of benzene rings is 2. The number of alkyl halides is 3. The highest BCUT2D eigenvalue weighted by Gasteiger charge is 2.51. The van der Waals surface area contributed by atoms with Gasteiger partial charge < -0.3 is 0 Å². The van der Waals surface area contributed by atoms with Crippen molar-refractivity contribution in [3.63, 3.8) is 0 Å². The summed E-state index contributed by atoms with van der Waals surface area (Å²) >= 11 is 0. The number of hydrogen-bond acceptors (Lipinski definition) is 0. The lowest BCUT2D eigenvalue weighted by Gasteiger charge is -2.18. The van der Waals surface area contributed by atoms with Crippen LogP contribution in [0.3, 0.4) is 0 Å². The van der Waals surface area contributed by atoms with E-state index in [1.807, 2.05) is 12.1 Å². The average Bonchev–Trinajstić information content (AvgIpc) is 3.32. The lowest BCUT2D eigenvalue weighted by molar-refractivity contribution is -0.137. The van der Waals surface area contributed by atoms with Crippen LogP contribution in [0, 0.1) is 5.92 Å². The molecular weight excluding hydrogens is 345 g/mol. The second kappa shape index (κ2) is 7.38. The summed E-state index contributed by atoms with van der Waals surface area (Å²) in [5.74, 6) is 0.682. The summed E-state index contributed by atoms with van der Waals surface area (Å²) in [7, 11) is 0. The van der Waals surface area contributed by atoms with Crippen molar-refractivity contribution in [2.75, 3.05) is 0 Å². The van der Waals surface area contributed by atoms with E-state index in [-0.39, 0.29) is 11.0 Å². The van der Waals surface area contributed by atoms with E-state index in [2.05, 4.69) is 38.6 Å². The van der Waals surface area contributed by atoms with Crippen LogP contribution in [0.25, 0.3) is 5.57 Å². The zero-order valence-electron chi connectivity index (χ0n) is 15.8. The van der Waals surface area contributed by atoms with Gasteiger partial charge in [-0.1, -0.05) is 75.0 Å². The summed E-state index contributed by atoms with van der Waals surface area (Å²) < 4.78 is 39.6. The molecule has 1 fully saturated rings. The first-order valence-electron chi connectivity index (χ1n) is 9.40. The van der Waals surface area contributed by atoms with E-state index < -0.39 is 11.7 Å². The van der Waals surface area contributed by atoms with E-state index in [4.69, 9.17) is 0 Å². The molecule has 0 saturated heterocycles. The lowest BCUT2D eigenvalue weighted by Crippen LogP contribution is -2.10. The Morgan fingerprint density at radius 2 is 1.78 bits per heavy atom. The fourth-order valence-electron chi connectivity index (χ4n) is 4.16. The molecule has 2 atom stereocenters. The first-order valence-corrected chi connectivity index (χ1v) is 9.40. The Hall–Kier alpha value is -2.29. The molecular formula is C24H25F3. The minimum Gasteiger partial charge on any atom is -0.166 e. The zero-order valence-corrected chi connectivity index (χ0v) is 15.8. The number of allylic oxidation sites excluding steroid dienone is 3. The number of rotatable bonds is 6. The molecule has 0 amide bonds. The molecule has 0 heterocycles. The monoisotopic (exact) mass is 370 g/mol. The Morgan fingerprint density at radius 1 is 1.15 bits per heavy atom. The minimum atomic E-state index is -4.38. The van der Waals surface area contributed by atoms with Crippen molar-refractivity contribution in [3.8, 4) is 0 Å². The molecule has 0 aliphatic heterocycles. The smallest absolute Gasteiger partial charge is 0.166 e. The molecule has 0 aromatic heterocycles. The van der Waals surface area contributed by atoms with Crippen molar-refractivity contribution in [1.82, 2.24) is 0 Å². The van der Waals surface area contributed by atoms with Gasteiger partial charge in [0.25, 0.3) is 0 Å². The minimum absolute atomic E-state index is 0.135. The summed E-state index contributed by atoms with van der Waals surface area (Å²) in [6.45, 7) is 8.37. The predicted molar refractivity (Wildman–Crippen MR) is 106 cm³/mol. The maximum atomic E-state index is 13.2. The highest BCUT2D eigenvalue weighted by molar-refractivity contribution is 5.74. The van der Waals surface area contributed by atoms with Crippen LogP contribution in [0.2, 0.25) is 0 Å². The molecule has 2 aromatic carbocycles. The zero-order chi connectivity index (χ0) is 19.7. The molecule has 1 saturated carbocycles. The van der Waals surface area contributed by atoms with Gasteiger partial charge in [-0.2, -0.15) is 13.2 Å². The van der Waals surface area contributed by atoms with Crippen molar-refractivity contribution in [1.29, 1.82) is 0 Å². The molecule has 2 aromatic rings. The van der Waals surface area contributed by atoms with Crippen LogP contribution >= 0.6 is 0 Å². The average molecular weight is 370 g/mol. The number of halogens is 3. The molecule has 1 aliphatic rings. The fourth-order valence-corrected chi connectivity index (χ4v) is 4.16. The second-order valence-corrected chi connectivity index (χ2v) is 7.45. The third-order valence-electron chi connectivity index (χ3n) is 5.87. The van der Waals surface area contributed by atoms with Crippen LogP contribution < -0.4 is 0 Å². The molecule has 1 aliphatic carbocycles. The maximum Gasteiger partial charge on any atom is 0.417 e. The van der Waals surface area contributed by atoms with Gasteiger partial charge in [0.05, 0.1) is 5.56 Å². The fraction of sp³-hybridized carbons (Fsp3) is 0.333. The van der Waals surface area contributed by atoms with Crippen molar-refractivity contribution in [2.45, 2.75) is 44.7 Å². The van der Waals surface area contributed by atoms with E-state index in [0.717, 1.165) is 12.5 Å². The third-order valence-corrected chi connectivity index (χ3v) is 5.87. The van der Waals surface area contributed by atoms with Crippen LogP contribution in [0.15, 0.2) is 67.3 Å². The number of hydrogen-bond donors (Lipinski definition) is 0. The predicted octanol–water partition coefficient (Wildman–Crippen LogP) is 7.21. The Kier molecular flexibility index (Phi) is 5.32. The van der Waals surface area contributed by atoms with Gasteiger partial charge in [-0.15, -0.1) is 0 Å². The molecule has 27 heavy (non-hydrogen) atoms. The van der Waals surface area contributed by atoms with Gasteiger partial charge in [0.15, 0.2) is 0 Å². The van der Waals surface area contributed by atoms with Gasteiger partial charge in [0.1, 0.15) is 0 Å². The topological polar surface area (TPSA) is 0 Å². The van der Waals surface area contributed by atoms with Gasteiger partial charge in [-0.25, -0.2) is 0 Å². The van der Waals surface area contributed by atoms with E-state index in [9.17, 15) is 13.2 Å². The summed E-state index contributed by atoms with van der Waals surface area (Å²) in [4.78, 5) is 0. The van der Waals surface area contributed by atoms with E-state index >= 15 is 0 Å².